The van der Waals surface area contributed by atoms with E-state index in [1.165, 1.54) is 16.3 Å². The van der Waals surface area contributed by atoms with Crippen LogP contribution in [0, 0.1) is 0 Å². The highest BCUT2D eigenvalue weighted by Crippen LogP contribution is 2.29. The number of thiophene rings is 1. The van der Waals surface area contributed by atoms with Gasteiger partial charge in [0.2, 0.25) is 15.9 Å². The summed E-state index contributed by atoms with van der Waals surface area (Å²) in [5, 5.41) is 7.10. The highest BCUT2D eigenvalue weighted by Gasteiger charge is 2.31. The Morgan fingerprint density at radius 1 is 1.03 bits per heavy atom. The van der Waals surface area contributed by atoms with Crippen molar-refractivity contribution in [3.05, 3.63) is 46.7 Å². The Hall–Kier alpha value is -1.74. The smallest absolute Gasteiger partial charge is 0.243 e. The SMILES string of the molecule is CN(C1CCCCC1)S(=O)(=O)c1ccc(NC(=O)CN(Cc2ccsc2)C2CC2)cc1. The molecule has 2 aliphatic carbocycles. The summed E-state index contributed by atoms with van der Waals surface area (Å²) in [7, 11) is -1.84. The minimum absolute atomic E-state index is 0.0722. The fourth-order valence-electron chi connectivity index (χ4n) is 4.27. The number of hydrogen-bond acceptors (Lipinski definition) is 5. The summed E-state index contributed by atoms with van der Waals surface area (Å²) in [6.45, 7) is 1.12. The van der Waals surface area contributed by atoms with Gasteiger partial charge in [0, 0.05) is 31.4 Å². The molecule has 0 bridgehead atoms. The van der Waals surface area contributed by atoms with Crippen molar-refractivity contribution in [3.8, 4) is 0 Å². The largest absolute Gasteiger partial charge is 0.325 e. The van der Waals surface area contributed by atoms with E-state index in [1.54, 1.807) is 42.6 Å². The van der Waals surface area contributed by atoms with E-state index in [0.717, 1.165) is 45.1 Å². The Balaban J connectivity index is 1.35. The van der Waals surface area contributed by atoms with E-state index in [9.17, 15) is 13.2 Å². The standard InChI is InChI=1S/C23H31N3O3S2/c1-25(20-5-3-2-4-6-20)31(28,29)22-11-7-19(8-12-22)24-23(27)16-26(21-9-10-21)15-18-13-14-30-17-18/h7-8,11-14,17,20-21H,2-6,9-10,15-16H2,1H3,(H,24,27). The fourth-order valence-corrected chi connectivity index (χ4v) is 6.35. The quantitative estimate of drug-likeness (QED) is 0.604. The number of nitrogens with zero attached hydrogens (tertiary/aromatic N) is 2. The molecule has 8 heteroatoms. The topological polar surface area (TPSA) is 69.7 Å². The number of carbonyl (C=O) groups is 1. The van der Waals surface area contributed by atoms with Crippen molar-refractivity contribution in [2.24, 2.45) is 0 Å². The van der Waals surface area contributed by atoms with Crippen molar-refractivity contribution in [1.82, 2.24) is 9.21 Å². The summed E-state index contributed by atoms with van der Waals surface area (Å²) >= 11 is 1.67. The van der Waals surface area contributed by atoms with Crippen molar-refractivity contribution in [2.45, 2.75) is 68.5 Å². The molecule has 2 fully saturated rings. The number of nitrogens with one attached hydrogen (secondary N) is 1. The molecular formula is C23H31N3O3S2. The number of amides is 1. The normalized spacial score (nSPS) is 17.9. The van der Waals surface area contributed by atoms with Crippen LogP contribution in [0.1, 0.15) is 50.5 Å². The summed E-state index contributed by atoms with van der Waals surface area (Å²) in [6, 6.07) is 9.20. The lowest BCUT2D eigenvalue weighted by molar-refractivity contribution is -0.117. The molecule has 1 N–H and O–H groups in total. The molecule has 0 radical (unpaired) electrons. The average molecular weight is 462 g/mol. The molecule has 4 rings (SSSR count). The van der Waals surface area contributed by atoms with Crippen LogP contribution in [0.3, 0.4) is 0 Å². The molecule has 6 nitrogen and oxygen atoms in total. The van der Waals surface area contributed by atoms with Gasteiger partial charge in [0.1, 0.15) is 0 Å². The molecule has 0 saturated heterocycles. The molecule has 1 amide bonds. The van der Waals surface area contributed by atoms with E-state index in [2.05, 4.69) is 27.0 Å². The minimum atomic E-state index is -3.52. The second-order valence-corrected chi connectivity index (χ2v) is 11.4. The summed E-state index contributed by atoms with van der Waals surface area (Å²) in [5.74, 6) is -0.0722. The zero-order valence-electron chi connectivity index (χ0n) is 18.0. The minimum Gasteiger partial charge on any atom is -0.325 e. The van der Waals surface area contributed by atoms with Gasteiger partial charge in [0.15, 0.2) is 0 Å². The first-order valence-electron chi connectivity index (χ1n) is 11.1. The maximum Gasteiger partial charge on any atom is 0.243 e. The first-order valence-corrected chi connectivity index (χ1v) is 13.4. The van der Waals surface area contributed by atoms with Gasteiger partial charge in [-0.2, -0.15) is 15.6 Å². The van der Waals surface area contributed by atoms with Crippen LogP contribution in [-0.2, 0) is 21.4 Å². The van der Waals surface area contributed by atoms with E-state index in [4.69, 9.17) is 0 Å². The van der Waals surface area contributed by atoms with Gasteiger partial charge in [0.25, 0.3) is 0 Å². The van der Waals surface area contributed by atoms with Gasteiger partial charge in [0.05, 0.1) is 11.4 Å². The molecule has 1 heterocycles. The summed E-state index contributed by atoms with van der Waals surface area (Å²) in [6.07, 6.45) is 7.47. The number of sulfonamides is 1. The van der Waals surface area contributed by atoms with Crippen LogP contribution in [-0.4, -0.2) is 49.2 Å². The summed E-state index contributed by atoms with van der Waals surface area (Å²) in [4.78, 5) is 15.1. The fraction of sp³-hybridized carbons (Fsp3) is 0.522. The molecule has 31 heavy (non-hydrogen) atoms. The summed E-state index contributed by atoms with van der Waals surface area (Å²) in [5.41, 5.74) is 1.86. The number of carbonyl (C=O) groups excluding carboxylic acids is 1. The molecule has 1 aromatic carbocycles. The van der Waals surface area contributed by atoms with E-state index in [-0.39, 0.29) is 16.8 Å². The predicted molar refractivity (Wildman–Crippen MR) is 125 cm³/mol. The number of rotatable bonds is 9. The second-order valence-electron chi connectivity index (χ2n) is 8.65. The molecule has 2 aliphatic rings. The molecular weight excluding hydrogens is 430 g/mol. The number of hydrogen-bond donors (Lipinski definition) is 1. The third-order valence-electron chi connectivity index (χ3n) is 6.28. The van der Waals surface area contributed by atoms with Crippen LogP contribution >= 0.6 is 11.3 Å². The molecule has 168 valence electrons. The highest BCUT2D eigenvalue weighted by molar-refractivity contribution is 7.89. The third kappa shape index (κ3) is 5.74. The van der Waals surface area contributed by atoms with E-state index in [0.29, 0.717) is 18.3 Å². The first-order chi connectivity index (χ1) is 14.9. The zero-order valence-corrected chi connectivity index (χ0v) is 19.6. The van der Waals surface area contributed by atoms with Crippen molar-refractivity contribution >= 4 is 33.0 Å². The van der Waals surface area contributed by atoms with Crippen molar-refractivity contribution in [2.75, 3.05) is 18.9 Å². The van der Waals surface area contributed by atoms with Crippen molar-refractivity contribution in [1.29, 1.82) is 0 Å². The van der Waals surface area contributed by atoms with E-state index in [1.807, 2.05) is 0 Å². The third-order valence-corrected chi connectivity index (χ3v) is 8.94. The number of benzene rings is 1. The van der Waals surface area contributed by atoms with Crippen LogP contribution in [0.15, 0.2) is 46.0 Å². The van der Waals surface area contributed by atoms with Crippen LogP contribution < -0.4 is 5.32 Å². The van der Waals surface area contributed by atoms with Crippen molar-refractivity contribution in [3.63, 3.8) is 0 Å². The molecule has 0 atom stereocenters. The maximum atomic E-state index is 13.0. The first kappa shape index (κ1) is 22.5. The van der Waals surface area contributed by atoms with E-state index < -0.39 is 10.0 Å². The Bertz CT molecular complexity index is 964. The Morgan fingerprint density at radius 2 is 1.74 bits per heavy atom. The van der Waals surface area contributed by atoms with Gasteiger partial charge in [-0.1, -0.05) is 19.3 Å². The molecule has 0 unspecified atom stereocenters. The van der Waals surface area contributed by atoms with Crippen LogP contribution in [0.4, 0.5) is 5.69 Å². The Morgan fingerprint density at radius 3 is 2.35 bits per heavy atom. The number of anilines is 1. The van der Waals surface area contributed by atoms with Gasteiger partial charge in [-0.25, -0.2) is 8.42 Å². The van der Waals surface area contributed by atoms with Crippen LogP contribution in [0.5, 0.6) is 0 Å². The molecule has 0 aliphatic heterocycles. The van der Waals surface area contributed by atoms with Crippen LogP contribution in [0.2, 0.25) is 0 Å². The summed E-state index contributed by atoms with van der Waals surface area (Å²) < 4.78 is 27.5. The van der Waals surface area contributed by atoms with Gasteiger partial charge >= 0.3 is 0 Å². The monoisotopic (exact) mass is 461 g/mol. The van der Waals surface area contributed by atoms with Crippen LogP contribution in [0.25, 0.3) is 0 Å². The highest BCUT2D eigenvalue weighted by atomic mass is 32.2. The van der Waals surface area contributed by atoms with Crippen molar-refractivity contribution < 1.29 is 13.2 Å². The molecule has 1 aromatic heterocycles. The molecule has 2 aromatic rings. The molecule has 2 saturated carbocycles. The van der Waals surface area contributed by atoms with Gasteiger partial charge in [-0.05, 0) is 72.3 Å². The Labute approximate surface area is 189 Å². The lowest BCUT2D eigenvalue weighted by Gasteiger charge is -2.30. The Kier molecular flexibility index (Phi) is 7.11. The maximum absolute atomic E-state index is 13.0. The zero-order chi connectivity index (χ0) is 21.8. The average Bonchev–Trinajstić information content (AvgIpc) is 3.50. The van der Waals surface area contributed by atoms with Gasteiger partial charge in [-0.15, -0.1) is 0 Å². The lowest BCUT2D eigenvalue weighted by atomic mass is 9.96. The van der Waals surface area contributed by atoms with Gasteiger partial charge in [-0.3, -0.25) is 9.69 Å². The van der Waals surface area contributed by atoms with Gasteiger partial charge < -0.3 is 5.32 Å². The van der Waals surface area contributed by atoms with E-state index >= 15 is 0 Å². The molecule has 0 spiro atoms. The predicted octanol–water partition coefficient (Wildman–Crippen LogP) is 4.30. The lowest BCUT2D eigenvalue weighted by Crippen LogP contribution is -2.38. The second kappa shape index (κ2) is 9.81.